The molecule has 2 heterocycles. The molecule has 1 aliphatic rings. The van der Waals surface area contributed by atoms with E-state index in [1.165, 1.54) is 23.0 Å². The van der Waals surface area contributed by atoms with E-state index in [2.05, 4.69) is 37.0 Å². The molecule has 0 bridgehead atoms. The Balaban J connectivity index is 1.84. The van der Waals surface area contributed by atoms with Gasteiger partial charge in [-0.15, -0.1) is 0 Å². The summed E-state index contributed by atoms with van der Waals surface area (Å²) in [7, 11) is -0.975. The molecule has 1 N–H and O–H groups in total. The summed E-state index contributed by atoms with van der Waals surface area (Å²) in [6, 6.07) is 1.22. The summed E-state index contributed by atoms with van der Waals surface area (Å²) in [5, 5.41) is 7.88. The van der Waals surface area contributed by atoms with Crippen LogP contribution < -0.4 is 5.32 Å². The molecule has 0 saturated heterocycles. The van der Waals surface area contributed by atoms with Gasteiger partial charge in [-0.25, -0.2) is 4.68 Å². The van der Waals surface area contributed by atoms with Crippen molar-refractivity contribution >= 4 is 8.07 Å². The van der Waals surface area contributed by atoms with E-state index < -0.39 is 8.07 Å². The monoisotopic (exact) mass is 253 g/mol. The highest BCUT2D eigenvalue weighted by molar-refractivity contribution is 6.76. The molecule has 0 saturated carbocycles. The second kappa shape index (κ2) is 4.92. The molecule has 4 nitrogen and oxygen atoms in total. The van der Waals surface area contributed by atoms with Crippen molar-refractivity contribution < 1.29 is 4.74 Å². The quantitative estimate of drug-likeness (QED) is 0.645. The van der Waals surface area contributed by atoms with Crippen LogP contribution in [0, 0.1) is 6.92 Å². The van der Waals surface area contributed by atoms with E-state index in [1.54, 1.807) is 0 Å². The molecule has 0 unspecified atom stereocenters. The molecule has 0 amide bonds. The molecule has 0 atom stereocenters. The summed E-state index contributed by atoms with van der Waals surface area (Å²) >= 11 is 0. The zero-order valence-electron chi connectivity index (χ0n) is 11.3. The summed E-state index contributed by atoms with van der Waals surface area (Å²) in [5.74, 6) is 0. The van der Waals surface area contributed by atoms with Crippen LogP contribution in [-0.2, 0) is 24.6 Å². The molecular weight excluding hydrogens is 230 g/mol. The molecule has 2 rings (SSSR count). The number of nitrogens with one attached hydrogen (secondary N) is 1. The minimum Gasteiger partial charge on any atom is -0.360 e. The van der Waals surface area contributed by atoms with Gasteiger partial charge in [0.25, 0.3) is 0 Å². The Hall–Kier alpha value is -0.653. The molecule has 0 aromatic carbocycles. The van der Waals surface area contributed by atoms with Crippen LogP contribution in [0.5, 0.6) is 0 Å². The van der Waals surface area contributed by atoms with Crippen LogP contribution >= 0.6 is 0 Å². The van der Waals surface area contributed by atoms with Gasteiger partial charge in [0.05, 0.1) is 5.69 Å². The third kappa shape index (κ3) is 3.17. The van der Waals surface area contributed by atoms with Crippen LogP contribution in [0.2, 0.25) is 25.7 Å². The molecule has 0 radical (unpaired) electrons. The topological polar surface area (TPSA) is 39.1 Å². The predicted octanol–water partition coefficient (Wildman–Crippen LogP) is 2.11. The second-order valence-electron chi connectivity index (χ2n) is 5.96. The average Bonchev–Trinajstić information content (AvgIpc) is 2.76. The van der Waals surface area contributed by atoms with E-state index in [1.807, 2.05) is 4.68 Å². The van der Waals surface area contributed by atoms with E-state index in [0.717, 1.165) is 19.7 Å². The van der Waals surface area contributed by atoms with Gasteiger partial charge >= 0.3 is 0 Å². The first-order valence-electron chi connectivity index (χ1n) is 6.31. The zero-order chi connectivity index (χ0) is 12.5. The standard InChI is InChI=1S/C12H23N3OSi/c1-10-11-7-13-8-12(11)14-15(10)9-16-5-6-17(2,3)4/h13H,5-9H2,1-4H3. The highest BCUT2D eigenvalue weighted by atomic mass is 28.3. The van der Waals surface area contributed by atoms with Crippen LogP contribution in [0.1, 0.15) is 17.0 Å². The van der Waals surface area contributed by atoms with Gasteiger partial charge in [-0.05, 0) is 13.0 Å². The number of aromatic nitrogens is 2. The Morgan fingerprint density at radius 2 is 2.12 bits per heavy atom. The number of rotatable bonds is 5. The van der Waals surface area contributed by atoms with E-state index in [0.29, 0.717) is 6.73 Å². The second-order valence-corrected chi connectivity index (χ2v) is 11.6. The van der Waals surface area contributed by atoms with Gasteiger partial charge in [-0.2, -0.15) is 5.10 Å². The van der Waals surface area contributed by atoms with Gasteiger partial charge in [-0.3, -0.25) is 0 Å². The number of hydrogen-bond acceptors (Lipinski definition) is 3. The number of nitrogens with zero attached hydrogens (tertiary/aromatic N) is 2. The minimum absolute atomic E-state index is 0.601. The molecule has 1 aromatic rings. The molecule has 1 aromatic heterocycles. The maximum atomic E-state index is 5.73. The SMILES string of the molecule is Cc1c2c(nn1COCC[Si](C)(C)C)CNC2. The molecule has 1 aliphatic heterocycles. The van der Waals surface area contributed by atoms with Crippen molar-refractivity contribution in [2.45, 2.75) is 52.4 Å². The van der Waals surface area contributed by atoms with Crippen molar-refractivity contribution in [1.82, 2.24) is 15.1 Å². The fraction of sp³-hybridized carbons (Fsp3) is 0.750. The van der Waals surface area contributed by atoms with Crippen molar-refractivity contribution in [3.8, 4) is 0 Å². The van der Waals surface area contributed by atoms with E-state index in [9.17, 15) is 0 Å². The van der Waals surface area contributed by atoms with Crippen molar-refractivity contribution in [3.63, 3.8) is 0 Å². The average molecular weight is 253 g/mol. The lowest BCUT2D eigenvalue weighted by molar-refractivity contribution is 0.0766. The maximum absolute atomic E-state index is 5.73. The zero-order valence-corrected chi connectivity index (χ0v) is 12.3. The van der Waals surface area contributed by atoms with Crippen molar-refractivity contribution in [3.05, 3.63) is 17.0 Å². The van der Waals surface area contributed by atoms with Crippen LogP contribution in [0.3, 0.4) is 0 Å². The molecule has 0 spiro atoms. The lowest BCUT2D eigenvalue weighted by Gasteiger charge is -2.15. The number of ether oxygens (including phenoxy) is 1. The normalized spacial score (nSPS) is 15.3. The maximum Gasteiger partial charge on any atom is 0.139 e. The summed E-state index contributed by atoms with van der Waals surface area (Å²) in [6.07, 6.45) is 0. The first kappa shape index (κ1) is 12.8. The number of hydrogen-bond donors (Lipinski definition) is 1. The van der Waals surface area contributed by atoms with E-state index >= 15 is 0 Å². The van der Waals surface area contributed by atoms with Gasteiger partial charge in [0, 0.05) is 39.0 Å². The van der Waals surface area contributed by atoms with Gasteiger partial charge < -0.3 is 10.1 Å². The highest BCUT2D eigenvalue weighted by Crippen LogP contribution is 2.18. The van der Waals surface area contributed by atoms with Gasteiger partial charge in [0.2, 0.25) is 0 Å². The molecule has 0 aliphatic carbocycles. The van der Waals surface area contributed by atoms with Gasteiger partial charge in [0.1, 0.15) is 6.73 Å². The third-order valence-electron chi connectivity index (χ3n) is 3.22. The van der Waals surface area contributed by atoms with Gasteiger partial charge in [-0.1, -0.05) is 19.6 Å². The van der Waals surface area contributed by atoms with E-state index in [4.69, 9.17) is 4.74 Å². The smallest absolute Gasteiger partial charge is 0.139 e. The highest BCUT2D eigenvalue weighted by Gasteiger charge is 2.19. The third-order valence-corrected chi connectivity index (χ3v) is 4.92. The Morgan fingerprint density at radius 1 is 1.35 bits per heavy atom. The van der Waals surface area contributed by atoms with Crippen LogP contribution in [0.4, 0.5) is 0 Å². The Bertz CT molecular complexity index is 395. The first-order valence-corrected chi connectivity index (χ1v) is 10.0. The Kier molecular flexibility index (Phi) is 3.70. The van der Waals surface area contributed by atoms with Crippen molar-refractivity contribution in [1.29, 1.82) is 0 Å². The Labute approximate surface area is 104 Å². The minimum atomic E-state index is -0.975. The summed E-state index contributed by atoms with van der Waals surface area (Å²) < 4.78 is 7.72. The van der Waals surface area contributed by atoms with Gasteiger partial charge in [0.15, 0.2) is 0 Å². The first-order chi connectivity index (χ1) is 7.97. The summed E-state index contributed by atoms with van der Waals surface area (Å²) in [6.45, 7) is 12.6. The van der Waals surface area contributed by atoms with Crippen LogP contribution in [-0.4, -0.2) is 24.5 Å². The lowest BCUT2D eigenvalue weighted by atomic mass is 10.2. The summed E-state index contributed by atoms with van der Waals surface area (Å²) in [4.78, 5) is 0. The molecule has 5 heteroatoms. The van der Waals surface area contributed by atoms with Crippen molar-refractivity contribution in [2.24, 2.45) is 0 Å². The largest absolute Gasteiger partial charge is 0.360 e. The number of fused-ring (bicyclic) bond motifs is 1. The van der Waals surface area contributed by atoms with E-state index in [-0.39, 0.29) is 0 Å². The lowest BCUT2D eigenvalue weighted by Crippen LogP contribution is -2.22. The fourth-order valence-electron chi connectivity index (χ4n) is 1.98. The van der Waals surface area contributed by atoms with Crippen molar-refractivity contribution in [2.75, 3.05) is 6.61 Å². The Morgan fingerprint density at radius 3 is 2.76 bits per heavy atom. The summed E-state index contributed by atoms with van der Waals surface area (Å²) in [5.41, 5.74) is 3.80. The van der Waals surface area contributed by atoms with Crippen LogP contribution in [0.25, 0.3) is 0 Å². The molecule has 0 fully saturated rings. The fourth-order valence-corrected chi connectivity index (χ4v) is 2.74. The predicted molar refractivity (Wildman–Crippen MR) is 71.6 cm³/mol. The van der Waals surface area contributed by atoms with Crippen LogP contribution in [0.15, 0.2) is 0 Å². The molecule has 96 valence electrons. The molecular formula is C12H23N3OSi. The molecule has 17 heavy (non-hydrogen) atoms.